The molecule has 0 aliphatic heterocycles. The highest BCUT2D eigenvalue weighted by atomic mass is 16.5. The Kier molecular flexibility index (Phi) is 3.14. The standard InChI is InChI=1S/C13H17N3O2/c1-7-8(2)12(18-4)9(5-11(7)17-3)10-6-15-16-13(10)14/h5-6H,1-4H3,(H3,14,15,16). The first-order chi connectivity index (χ1) is 8.60. The summed E-state index contributed by atoms with van der Waals surface area (Å²) in [5, 5.41) is 6.66. The van der Waals surface area contributed by atoms with Crippen molar-refractivity contribution in [1.29, 1.82) is 0 Å². The SMILES string of the molecule is COc1cc(-c2cn[nH]c2N)c(OC)c(C)c1C. The quantitative estimate of drug-likeness (QED) is 0.872. The third-order valence-electron chi connectivity index (χ3n) is 3.18. The van der Waals surface area contributed by atoms with Crippen molar-refractivity contribution in [3.05, 3.63) is 23.4 Å². The van der Waals surface area contributed by atoms with Gasteiger partial charge < -0.3 is 15.2 Å². The Morgan fingerprint density at radius 1 is 1.11 bits per heavy atom. The van der Waals surface area contributed by atoms with Crippen LogP contribution in [0.2, 0.25) is 0 Å². The predicted molar refractivity (Wildman–Crippen MR) is 71.0 cm³/mol. The zero-order valence-corrected chi connectivity index (χ0v) is 11.0. The maximum absolute atomic E-state index is 5.86. The van der Waals surface area contributed by atoms with Crippen molar-refractivity contribution in [1.82, 2.24) is 10.2 Å². The maximum Gasteiger partial charge on any atom is 0.130 e. The number of nitrogens with zero attached hydrogens (tertiary/aromatic N) is 1. The minimum atomic E-state index is 0.513. The summed E-state index contributed by atoms with van der Waals surface area (Å²) in [6.45, 7) is 4.00. The molecular weight excluding hydrogens is 230 g/mol. The molecule has 0 atom stereocenters. The van der Waals surface area contributed by atoms with E-state index < -0.39 is 0 Å². The number of nitrogen functional groups attached to an aromatic ring is 1. The summed E-state index contributed by atoms with van der Waals surface area (Å²) >= 11 is 0. The summed E-state index contributed by atoms with van der Waals surface area (Å²) in [5.74, 6) is 2.11. The molecule has 0 unspecified atom stereocenters. The van der Waals surface area contributed by atoms with Crippen molar-refractivity contribution in [2.75, 3.05) is 20.0 Å². The lowest BCUT2D eigenvalue weighted by Crippen LogP contribution is -1.98. The van der Waals surface area contributed by atoms with Crippen LogP contribution in [0, 0.1) is 13.8 Å². The van der Waals surface area contributed by atoms with Crippen molar-refractivity contribution < 1.29 is 9.47 Å². The zero-order chi connectivity index (χ0) is 13.3. The van der Waals surface area contributed by atoms with Crippen LogP contribution < -0.4 is 15.2 Å². The molecule has 5 nitrogen and oxygen atoms in total. The number of nitrogens with one attached hydrogen (secondary N) is 1. The Balaban J connectivity index is 2.74. The fourth-order valence-electron chi connectivity index (χ4n) is 2.05. The van der Waals surface area contributed by atoms with Crippen LogP contribution in [0.1, 0.15) is 11.1 Å². The van der Waals surface area contributed by atoms with Gasteiger partial charge >= 0.3 is 0 Å². The summed E-state index contributed by atoms with van der Waals surface area (Å²) in [4.78, 5) is 0. The number of ether oxygens (including phenoxy) is 2. The van der Waals surface area contributed by atoms with Crippen molar-refractivity contribution in [3.8, 4) is 22.6 Å². The van der Waals surface area contributed by atoms with Crippen molar-refractivity contribution >= 4 is 5.82 Å². The molecule has 2 aromatic rings. The maximum atomic E-state index is 5.86. The molecule has 2 rings (SSSR count). The highest BCUT2D eigenvalue weighted by Crippen LogP contribution is 2.40. The van der Waals surface area contributed by atoms with Gasteiger partial charge in [0.15, 0.2) is 0 Å². The van der Waals surface area contributed by atoms with E-state index in [2.05, 4.69) is 10.2 Å². The molecule has 0 spiro atoms. The molecule has 0 bridgehead atoms. The normalized spacial score (nSPS) is 10.4. The summed E-state index contributed by atoms with van der Waals surface area (Å²) in [5.41, 5.74) is 9.64. The van der Waals surface area contributed by atoms with E-state index in [4.69, 9.17) is 15.2 Å². The molecule has 0 saturated carbocycles. The number of methoxy groups -OCH3 is 2. The van der Waals surface area contributed by atoms with E-state index in [1.54, 1.807) is 20.4 Å². The molecule has 1 aromatic heterocycles. The van der Waals surface area contributed by atoms with E-state index in [9.17, 15) is 0 Å². The number of H-pyrrole nitrogens is 1. The lowest BCUT2D eigenvalue weighted by Gasteiger charge is -2.16. The summed E-state index contributed by atoms with van der Waals surface area (Å²) in [7, 11) is 3.30. The molecule has 0 saturated heterocycles. The molecule has 0 amide bonds. The summed E-state index contributed by atoms with van der Waals surface area (Å²) < 4.78 is 10.9. The van der Waals surface area contributed by atoms with Gasteiger partial charge in [0.05, 0.1) is 20.4 Å². The molecule has 96 valence electrons. The van der Waals surface area contributed by atoms with Gasteiger partial charge in [-0.3, -0.25) is 5.10 Å². The van der Waals surface area contributed by atoms with Crippen molar-refractivity contribution in [3.63, 3.8) is 0 Å². The smallest absolute Gasteiger partial charge is 0.130 e. The largest absolute Gasteiger partial charge is 0.496 e. The average molecular weight is 247 g/mol. The van der Waals surface area contributed by atoms with Crippen LogP contribution in [-0.2, 0) is 0 Å². The summed E-state index contributed by atoms with van der Waals surface area (Å²) in [6.07, 6.45) is 1.68. The van der Waals surface area contributed by atoms with E-state index >= 15 is 0 Å². The summed E-state index contributed by atoms with van der Waals surface area (Å²) in [6, 6.07) is 1.92. The van der Waals surface area contributed by atoms with Gasteiger partial charge in [0.2, 0.25) is 0 Å². The van der Waals surface area contributed by atoms with Crippen molar-refractivity contribution in [2.24, 2.45) is 0 Å². The lowest BCUT2D eigenvalue weighted by molar-refractivity contribution is 0.399. The predicted octanol–water partition coefficient (Wildman–Crippen LogP) is 2.29. The first kappa shape index (κ1) is 12.3. The lowest BCUT2D eigenvalue weighted by atomic mass is 9.99. The fourth-order valence-corrected chi connectivity index (χ4v) is 2.05. The number of rotatable bonds is 3. The Hall–Kier alpha value is -2.17. The van der Waals surface area contributed by atoms with Crippen LogP contribution in [0.25, 0.3) is 11.1 Å². The van der Waals surface area contributed by atoms with Gasteiger partial charge in [-0.15, -0.1) is 0 Å². The first-order valence-electron chi connectivity index (χ1n) is 5.61. The van der Waals surface area contributed by atoms with Crippen LogP contribution in [0.15, 0.2) is 12.3 Å². The number of hydrogen-bond donors (Lipinski definition) is 2. The second-order valence-corrected chi connectivity index (χ2v) is 4.11. The molecule has 18 heavy (non-hydrogen) atoms. The van der Waals surface area contributed by atoms with Crippen LogP contribution in [-0.4, -0.2) is 24.4 Å². The molecule has 5 heteroatoms. The molecule has 1 heterocycles. The molecule has 0 aliphatic carbocycles. The zero-order valence-electron chi connectivity index (χ0n) is 11.0. The van der Waals surface area contributed by atoms with Crippen LogP contribution in [0.4, 0.5) is 5.82 Å². The number of aromatic amines is 1. The van der Waals surface area contributed by atoms with Gasteiger partial charge in [-0.05, 0) is 31.0 Å². The molecule has 0 fully saturated rings. The van der Waals surface area contributed by atoms with Gasteiger partial charge in [-0.1, -0.05) is 0 Å². The highest BCUT2D eigenvalue weighted by molar-refractivity contribution is 5.81. The Morgan fingerprint density at radius 2 is 1.83 bits per heavy atom. The van der Waals surface area contributed by atoms with Gasteiger partial charge in [-0.2, -0.15) is 5.10 Å². The number of hydrogen-bond acceptors (Lipinski definition) is 4. The average Bonchev–Trinajstić information content (AvgIpc) is 2.78. The molecular formula is C13H17N3O2. The minimum absolute atomic E-state index is 0.513. The molecule has 0 radical (unpaired) electrons. The number of nitrogens with two attached hydrogens (primary N) is 1. The first-order valence-corrected chi connectivity index (χ1v) is 5.61. The highest BCUT2D eigenvalue weighted by Gasteiger charge is 2.17. The van der Waals surface area contributed by atoms with Crippen LogP contribution >= 0.6 is 0 Å². The fraction of sp³-hybridized carbons (Fsp3) is 0.308. The Bertz CT molecular complexity index is 576. The third-order valence-corrected chi connectivity index (χ3v) is 3.18. The number of benzene rings is 1. The molecule has 3 N–H and O–H groups in total. The second-order valence-electron chi connectivity index (χ2n) is 4.11. The second kappa shape index (κ2) is 4.60. The van der Waals surface area contributed by atoms with Gasteiger partial charge in [0.1, 0.15) is 17.3 Å². The van der Waals surface area contributed by atoms with E-state index in [-0.39, 0.29) is 0 Å². The van der Waals surface area contributed by atoms with Gasteiger partial charge in [0, 0.05) is 11.1 Å². The van der Waals surface area contributed by atoms with Crippen LogP contribution in [0.5, 0.6) is 11.5 Å². The minimum Gasteiger partial charge on any atom is -0.496 e. The van der Waals surface area contributed by atoms with Gasteiger partial charge in [-0.25, -0.2) is 0 Å². The van der Waals surface area contributed by atoms with Crippen molar-refractivity contribution in [2.45, 2.75) is 13.8 Å². The topological polar surface area (TPSA) is 73.2 Å². The van der Waals surface area contributed by atoms with Crippen LogP contribution in [0.3, 0.4) is 0 Å². The number of aromatic nitrogens is 2. The number of anilines is 1. The van der Waals surface area contributed by atoms with E-state index in [1.807, 2.05) is 19.9 Å². The van der Waals surface area contributed by atoms with E-state index in [0.29, 0.717) is 5.82 Å². The molecule has 1 aromatic carbocycles. The molecule has 0 aliphatic rings. The van der Waals surface area contributed by atoms with E-state index in [1.165, 1.54) is 0 Å². The third kappa shape index (κ3) is 1.77. The van der Waals surface area contributed by atoms with Gasteiger partial charge in [0.25, 0.3) is 0 Å². The Morgan fingerprint density at radius 3 is 2.33 bits per heavy atom. The Labute approximate surface area is 106 Å². The monoisotopic (exact) mass is 247 g/mol. The van der Waals surface area contributed by atoms with E-state index in [0.717, 1.165) is 33.8 Å².